The van der Waals surface area contributed by atoms with Crippen LogP contribution in [0.2, 0.25) is 5.54 Å². The molecule has 0 fully saturated rings. The van der Waals surface area contributed by atoms with Crippen LogP contribution in [0.3, 0.4) is 0 Å². The van der Waals surface area contributed by atoms with E-state index in [1.165, 1.54) is 7.11 Å². The summed E-state index contributed by atoms with van der Waals surface area (Å²) in [5.41, 5.74) is 1.99. The van der Waals surface area contributed by atoms with Gasteiger partial charge in [-0.15, -0.1) is 0 Å². The van der Waals surface area contributed by atoms with Gasteiger partial charge in [-0.25, -0.2) is 0 Å². The normalized spacial score (nSPS) is 12.2. The van der Waals surface area contributed by atoms with Crippen LogP contribution in [0.5, 0.6) is 11.5 Å². The number of hydrogen-bond donors (Lipinski definition) is 1. The van der Waals surface area contributed by atoms with E-state index in [9.17, 15) is 9.90 Å². The maximum absolute atomic E-state index is 12.8. The Balaban J connectivity index is 2.27. The minimum atomic E-state index is -1.31. The fourth-order valence-electron chi connectivity index (χ4n) is 2.87. The number of aryl methyl sites for hydroxylation is 1. The second-order valence-electron chi connectivity index (χ2n) is 6.06. The summed E-state index contributed by atoms with van der Waals surface area (Å²) in [7, 11) is 3.49. The molecule has 2 rings (SSSR count). The Labute approximate surface area is 156 Å². The highest BCUT2D eigenvalue weighted by molar-refractivity contribution is 6.46. The van der Waals surface area contributed by atoms with Crippen molar-refractivity contribution in [3.8, 4) is 11.5 Å². The van der Waals surface area contributed by atoms with Crippen molar-refractivity contribution >= 4 is 15.1 Å². The van der Waals surface area contributed by atoms with Gasteiger partial charge in [-0.1, -0.05) is 37.3 Å². The zero-order valence-electron chi connectivity index (χ0n) is 15.6. The van der Waals surface area contributed by atoms with E-state index in [2.05, 4.69) is 6.92 Å². The number of hydrogen-bond acceptors (Lipinski definition) is 5. The largest absolute Gasteiger partial charge is 0.504 e. The van der Waals surface area contributed by atoms with Crippen molar-refractivity contribution in [1.29, 1.82) is 0 Å². The van der Waals surface area contributed by atoms with Gasteiger partial charge in [-0.3, -0.25) is 4.79 Å². The van der Waals surface area contributed by atoms with Crippen molar-refractivity contribution in [3.05, 3.63) is 59.2 Å². The standard InChI is InChI=1S/C20H25O5Si/c1-14(26(24-3)25-4)10-11-15-12-17(20(22)18(13-15)23-2)19(21)16-8-6-5-7-9-16/h5-9,12-14,22H,10-11H2,1-4H3. The van der Waals surface area contributed by atoms with Crippen LogP contribution in [0.4, 0.5) is 0 Å². The van der Waals surface area contributed by atoms with Crippen LogP contribution in [-0.2, 0) is 15.3 Å². The lowest BCUT2D eigenvalue weighted by Gasteiger charge is -2.18. The molecule has 1 atom stereocenters. The molecule has 6 heteroatoms. The first-order valence-corrected chi connectivity index (χ1v) is 9.85. The number of phenols is 1. The average molecular weight is 374 g/mol. The monoisotopic (exact) mass is 373 g/mol. The minimum absolute atomic E-state index is 0.128. The summed E-state index contributed by atoms with van der Waals surface area (Å²) in [5.74, 6) is -0.0510. The van der Waals surface area contributed by atoms with Crippen LogP contribution < -0.4 is 4.74 Å². The Kier molecular flexibility index (Phi) is 7.38. The topological polar surface area (TPSA) is 65.0 Å². The molecule has 0 saturated heterocycles. The lowest BCUT2D eigenvalue weighted by Crippen LogP contribution is -2.24. The van der Waals surface area contributed by atoms with E-state index in [1.807, 2.05) is 6.07 Å². The van der Waals surface area contributed by atoms with Crippen LogP contribution in [0.25, 0.3) is 0 Å². The summed E-state index contributed by atoms with van der Waals surface area (Å²) in [6, 6.07) is 12.4. The lowest BCUT2D eigenvalue weighted by molar-refractivity contribution is 0.103. The molecule has 1 N–H and O–H groups in total. The summed E-state index contributed by atoms with van der Waals surface area (Å²) in [6.07, 6.45) is 1.58. The van der Waals surface area contributed by atoms with Gasteiger partial charge in [0.15, 0.2) is 17.3 Å². The third-order valence-corrected chi connectivity index (χ3v) is 6.20. The molecule has 0 amide bonds. The molecule has 0 aromatic heterocycles. The molecule has 0 spiro atoms. The molecule has 139 valence electrons. The predicted octanol–water partition coefficient (Wildman–Crippen LogP) is 3.74. The quantitative estimate of drug-likeness (QED) is 0.536. The van der Waals surface area contributed by atoms with E-state index in [0.29, 0.717) is 11.3 Å². The zero-order chi connectivity index (χ0) is 19.1. The molecular formula is C20H25O5Si. The maximum atomic E-state index is 12.8. The number of carbonyl (C=O) groups excluding carboxylic acids is 1. The number of phenolic OH excluding ortho intramolecular Hbond substituents is 1. The van der Waals surface area contributed by atoms with Crippen LogP contribution in [0, 0.1) is 0 Å². The minimum Gasteiger partial charge on any atom is -0.504 e. The smallest absolute Gasteiger partial charge is 0.387 e. The molecule has 2 aromatic rings. The summed E-state index contributed by atoms with van der Waals surface area (Å²) in [4.78, 5) is 12.8. The molecule has 2 aromatic carbocycles. The van der Waals surface area contributed by atoms with E-state index >= 15 is 0 Å². The number of methoxy groups -OCH3 is 1. The first-order chi connectivity index (χ1) is 12.5. The summed E-state index contributed by atoms with van der Waals surface area (Å²) in [5, 5.41) is 10.4. The fourth-order valence-corrected chi connectivity index (χ4v) is 4.22. The van der Waals surface area contributed by atoms with Gasteiger partial charge in [0.05, 0.1) is 12.7 Å². The van der Waals surface area contributed by atoms with Crippen LogP contribution in [0.15, 0.2) is 42.5 Å². The van der Waals surface area contributed by atoms with E-state index in [-0.39, 0.29) is 22.6 Å². The van der Waals surface area contributed by atoms with Crippen molar-refractivity contribution < 1.29 is 23.5 Å². The Morgan fingerprint density at radius 1 is 1.12 bits per heavy atom. The van der Waals surface area contributed by atoms with Gasteiger partial charge >= 0.3 is 9.28 Å². The number of carbonyl (C=O) groups is 1. The van der Waals surface area contributed by atoms with E-state index in [1.54, 1.807) is 50.6 Å². The molecule has 0 aliphatic rings. The van der Waals surface area contributed by atoms with Gasteiger partial charge in [0, 0.05) is 25.3 Å². The first kappa shape index (κ1) is 20.2. The Hall–Kier alpha value is -2.15. The van der Waals surface area contributed by atoms with Crippen molar-refractivity contribution in [2.45, 2.75) is 25.3 Å². The number of ketones is 1. The molecule has 26 heavy (non-hydrogen) atoms. The molecule has 0 heterocycles. The van der Waals surface area contributed by atoms with Crippen LogP contribution in [0.1, 0.15) is 34.8 Å². The molecule has 1 radical (unpaired) electrons. The summed E-state index contributed by atoms with van der Waals surface area (Å²) in [6.45, 7) is 2.09. The van der Waals surface area contributed by atoms with Crippen molar-refractivity contribution in [2.24, 2.45) is 0 Å². The number of ether oxygens (including phenoxy) is 1. The fraction of sp³-hybridized carbons (Fsp3) is 0.350. The van der Waals surface area contributed by atoms with E-state index in [4.69, 9.17) is 13.6 Å². The molecule has 5 nitrogen and oxygen atoms in total. The second kappa shape index (κ2) is 9.52. The van der Waals surface area contributed by atoms with Crippen LogP contribution in [-0.4, -0.2) is 41.5 Å². The van der Waals surface area contributed by atoms with Crippen molar-refractivity contribution in [3.63, 3.8) is 0 Å². The van der Waals surface area contributed by atoms with Crippen molar-refractivity contribution in [2.75, 3.05) is 21.3 Å². The molecular weight excluding hydrogens is 348 g/mol. The Bertz CT molecular complexity index is 728. The Morgan fingerprint density at radius 2 is 1.77 bits per heavy atom. The number of benzene rings is 2. The van der Waals surface area contributed by atoms with E-state index < -0.39 is 9.28 Å². The molecule has 0 aliphatic carbocycles. The van der Waals surface area contributed by atoms with Gasteiger partial charge in [0.25, 0.3) is 0 Å². The molecule has 0 saturated carbocycles. The van der Waals surface area contributed by atoms with Gasteiger partial charge in [0.1, 0.15) is 0 Å². The third-order valence-electron chi connectivity index (χ3n) is 4.31. The van der Waals surface area contributed by atoms with E-state index in [0.717, 1.165) is 18.4 Å². The molecule has 1 unspecified atom stereocenters. The highest BCUT2D eigenvalue weighted by Gasteiger charge is 2.23. The summed E-state index contributed by atoms with van der Waals surface area (Å²) < 4.78 is 16.1. The SMILES string of the molecule is COc1cc(CCC(C)[Si](OC)OC)cc(C(=O)c2ccccc2)c1O. The molecule has 0 bridgehead atoms. The molecule has 0 aliphatic heterocycles. The first-order valence-electron chi connectivity index (χ1n) is 8.46. The second-order valence-corrected chi connectivity index (χ2v) is 8.50. The lowest BCUT2D eigenvalue weighted by atomic mass is 9.97. The van der Waals surface area contributed by atoms with Gasteiger partial charge in [-0.2, -0.15) is 0 Å². The van der Waals surface area contributed by atoms with Gasteiger partial charge in [0.2, 0.25) is 0 Å². The average Bonchev–Trinajstić information content (AvgIpc) is 2.68. The number of aromatic hydroxyl groups is 1. The summed E-state index contributed by atoms with van der Waals surface area (Å²) >= 11 is 0. The maximum Gasteiger partial charge on any atom is 0.387 e. The van der Waals surface area contributed by atoms with Gasteiger partial charge < -0.3 is 18.7 Å². The highest BCUT2D eigenvalue weighted by atomic mass is 28.3. The Morgan fingerprint density at radius 3 is 2.35 bits per heavy atom. The predicted molar refractivity (Wildman–Crippen MR) is 102 cm³/mol. The third kappa shape index (κ3) is 4.72. The van der Waals surface area contributed by atoms with Crippen molar-refractivity contribution in [1.82, 2.24) is 0 Å². The highest BCUT2D eigenvalue weighted by Crippen LogP contribution is 2.34. The van der Waals surface area contributed by atoms with Gasteiger partial charge in [-0.05, 0) is 30.5 Å². The zero-order valence-corrected chi connectivity index (χ0v) is 16.6. The number of rotatable bonds is 9. The van der Waals surface area contributed by atoms with Crippen LogP contribution >= 0.6 is 0 Å².